The standard InChI is InChI=1S/C27H31F7N8O3/c28-25(29)45-10-9-42-36-13-18(40-42)24(44)39-23(16-3-6-26(30,31)7-4-16)19-14-41-20(37-19)11-17(12-35-41)22(15-1-2-15)38-21(43)5-8-27(32,33)34/h11-16,22-23,25H,1-10H2,(H,38,43)(H,39,44)/t22-,23+/m1/s1. The lowest BCUT2D eigenvalue weighted by atomic mass is 9.81. The summed E-state index contributed by atoms with van der Waals surface area (Å²) in [5, 5.41) is 17.7. The van der Waals surface area contributed by atoms with E-state index >= 15 is 0 Å². The molecular formula is C27H31F7N8O3. The third-order valence-corrected chi connectivity index (χ3v) is 7.91. The summed E-state index contributed by atoms with van der Waals surface area (Å²) in [5.41, 5.74) is 1.07. The van der Waals surface area contributed by atoms with Gasteiger partial charge in [-0.1, -0.05) is 0 Å². The number of hydrogen-bond donors (Lipinski definition) is 2. The Hall–Kier alpha value is -3.83. The van der Waals surface area contributed by atoms with Crippen molar-refractivity contribution in [3.63, 3.8) is 0 Å². The molecule has 18 heteroatoms. The summed E-state index contributed by atoms with van der Waals surface area (Å²) in [6, 6.07) is 0.255. The van der Waals surface area contributed by atoms with Crippen LogP contribution in [0.25, 0.3) is 5.65 Å². The molecular weight excluding hydrogens is 617 g/mol. The molecule has 45 heavy (non-hydrogen) atoms. The molecule has 2 amide bonds. The molecule has 3 aromatic heterocycles. The highest BCUT2D eigenvalue weighted by Gasteiger charge is 2.40. The Kier molecular flexibility index (Phi) is 9.60. The molecule has 2 aliphatic carbocycles. The van der Waals surface area contributed by atoms with E-state index in [0.717, 1.165) is 23.8 Å². The van der Waals surface area contributed by atoms with Gasteiger partial charge in [-0.15, -0.1) is 5.10 Å². The maximum absolute atomic E-state index is 14.0. The predicted octanol–water partition coefficient (Wildman–Crippen LogP) is 4.77. The van der Waals surface area contributed by atoms with Crippen molar-refractivity contribution in [1.29, 1.82) is 0 Å². The van der Waals surface area contributed by atoms with Crippen LogP contribution in [0.2, 0.25) is 0 Å². The van der Waals surface area contributed by atoms with Gasteiger partial charge in [-0.25, -0.2) is 18.3 Å². The first-order chi connectivity index (χ1) is 21.3. The predicted molar refractivity (Wildman–Crippen MR) is 141 cm³/mol. The number of rotatable bonds is 13. The number of alkyl halides is 7. The summed E-state index contributed by atoms with van der Waals surface area (Å²) in [4.78, 5) is 31.1. The number of ether oxygens (including phenoxy) is 1. The number of aromatic nitrogens is 6. The van der Waals surface area contributed by atoms with Crippen LogP contribution in [0.4, 0.5) is 30.7 Å². The molecule has 5 rings (SSSR count). The normalized spacial score (nSPS) is 18.7. The van der Waals surface area contributed by atoms with Crippen LogP contribution in [0.3, 0.4) is 0 Å². The highest BCUT2D eigenvalue weighted by atomic mass is 19.4. The van der Waals surface area contributed by atoms with Crippen molar-refractivity contribution in [2.45, 2.75) is 88.7 Å². The third kappa shape index (κ3) is 8.88. The van der Waals surface area contributed by atoms with Gasteiger partial charge in [-0.2, -0.15) is 36.9 Å². The zero-order chi connectivity index (χ0) is 32.4. The van der Waals surface area contributed by atoms with Gasteiger partial charge in [-0.05, 0) is 49.1 Å². The van der Waals surface area contributed by atoms with E-state index in [-0.39, 0.29) is 50.4 Å². The quantitative estimate of drug-likeness (QED) is 0.256. The van der Waals surface area contributed by atoms with Crippen molar-refractivity contribution >= 4 is 17.5 Å². The highest BCUT2D eigenvalue weighted by molar-refractivity contribution is 5.92. The summed E-state index contributed by atoms with van der Waals surface area (Å²) in [7, 11) is 0. The fourth-order valence-corrected chi connectivity index (χ4v) is 5.41. The molecule has 3 aromatic rings. The van der Waals surface area contributed by atoms with E-state index in [4.69, 9.17) is 0 Å². The van der Waals surface area contributed by atoms with Crippen LogP contribution in [0.5, 0.6) is 0 Å². The lowest BCUT2D eigenvalue weighted by Crippen LogP contribution is -2.37. The molecule has 11 nitrogen and oxygen atoms in total. The van der Waals surface area contributed by atoms with Crippen molar-refractivity contribution in [3.05, 3.63) is 41.6 Å². The van der Waals surface area contributed by atoms with E-state index in [2.05, 4.69) is 35.7 Å². The maximum atomic E-state index is 14.0. The lowest BCUT2D eigenvalue weighted by Gasteiger charge is -2.33. The first-order valence-electron chi connectivity index (χ1n) is 14.5. The van der Waals surface area contributed by atoms with Crippen molar-refractivity contribution in [2.75, 3.05) is 6.61 Å². The topological polar surface area (TPSA) is 128 Å². The number of hydrogen-bond acceptors (Lipinski definition) is 7. The van der Waals surface area contributed by atoms with Crippen LogP contribution >= 0.6 is 0 Å². The fourth-order valence-electron chi connectivity index (χ4n) is 5.41. The average Bonchev–Trinajstić information content (AvgIpc) is 3.54. The van der Waals surface area contributed by atoms with Gasteiger partial charge in [0.2, 0.25) is 11.8 Å². The highest BCUT2D eigenvalue weighted by Crippen LogP contribution is 2.43. The summed E-state index contributed by atoms with van der Waals surface area (Å²) in [6.07, 6.45) is -1.24. The number of imidazole rings is 1. The van der Waals surface area contributed by atoms with E-state index in [1.165, 1.54) is 10.7 Å². The van der Waals surface area contributed by atoms with Crippen molar-refractivity contribution in [1.82, 2.24) is 40.2 Å². The average molecular weight is 649 g/mol. The van der Waals surface area contributed by atoms with Gasteiger partial charge in [0.05, 0.1) is 55.9 Å². The number of halogens is 7. The minimum atomic E-state index is -4.46. The Balaban J connectivity index is 1.35. The van der Waals surface area contributed by atoms with Crippen molar-refractivity contribution < 1.29 is 45.1 Å². The van der Waals surface area contributed by atoms with Gasteiger partial charge in [0.15, 0.2) is 11.3 Å². The van der Waals surface area contributed by atoms with Crippen molar-refractivity contribution in [2.24, 2.45) is 11.8 Å². The molecule has 0 spiro atoms. The van der Waals surface area contributed by atoms with Crippen LogP contribution < -0.4 is 10.6 Å². The second-order valence-electron chi connectivity index (χ2n) is 11.4. The number of nitrogens with zero attached hydrogens (tertiary/aromatic N) is 6. The molecule has 2 fully saturated rings. The minimum Gasteiger partial charge on any atom is -0.349 e. The molecule has 246 valence electrons. The molecule has 2 aliphatic rings. The fraction of sp³-hybridized carbons (Fsp3) is 0.630. The first kappa shape index (κ1) is 32.6. The molecule has 0 unspecified atom stereocenters. The summed E-state index contributed by atoms with van der Waals surface area (Å²) in [5.74, 6) is -4.63. The van der Waals surface area contributed by atoms with Crippen LogP contribution in [-0.4, -0.2) is 66.7 Å². The van der Waals surface area contributed by atoms with E-state index in [1.807, 2.05) is 0 Å². The Morgan fingerprint density at radius 2 is 1.73 bits per heavy atom. The summed E-state index contributed by atoms with van der Waals surface area (Å²) < 4.78 is 95.9. The number of nitrogens with one attached hydrogen (secondary N) is 2. The third-order valence-electron chi connectivity index (χ3n) is 7.91. The molecule has 2 N–H and O–H groups in total. The smallest absolute Gasteiger partial charge is 0.349 e. The molecule has 0 saturated heterocycles. The second-order valence-corrected chi connectivity index (χ2v) is 11.4. The molecule has 0 bridgehead atoms. The monoisotopic (exact) mass is 648 g/mol. The van der Waals surface area contributed by atoms with E-state index in [1.54, 1.807) is 12.3 Å². The van der Waals surface area contributed by atoms with Gasteiger partial charge in [0.25, 0.3) is 5.91 Å². The first-order valence-corrected chi connectivity index (χ1v) is 14.5. The summed E-state index contributed by atoms with van der Waals surface area (Å²) >= 11 is 0. The Morgan fingerprint density at radius 1 is 1.02 bits per heavy atom. The Morgan fingerprint density at radius 3 is 2.40 bits per heavy atom. The summed E-state index contributed by atoms with van der Waals surface area (Å²) in [6.45, 7) is -3.49. The van der Waals surface area contributed by atoms with Gasteiger partial charge in [0, 0.05) is 19.3 Å². The van der Waals surface area contributed by atoms with E-state index in [0.29, 0.717) is 16.9 Å². The molecule has 2 saturated carbocycles. The molecule has 0 aliphatic heterocycles. The zero-order valence-corrected chi connectivity index (χ0v) is 23.8. The lowest BCUT2D eigenvalue weighted by molar-refractivity contribution is -0.144. The maximum Gasteiger partial charge on any atom is 0.389 e. The Bertz CT molecular complexity index is 1480. The van der Waals surface area contributed by atoms with Crippen LogP contribution in [-0.2, 0) is 16.1 Å². The van der Waals surface area contributed by atoms with Gasteiger partial charge in [0.1, 0.15) is 0 Å². The van der Waals surface area contributed by atoms with E-state index < -0.39 is 61.4 Å². The zero-order valence-electron chi connectivity index (χ0n) is 23.8. The number of carbonyl (C=O) groups excluding carboxylic acids is 2. The van der Waals surface area contributed by atoms with Gasteiger partial charge < -0.3 is 15.4 Å². The number of fused-ring (bicyclic) bond motifs is 1. The number of amides is 2. The molecule has 2 atom stereocenters. The molecule has 3 heterocycles. The van der Waals surface area contributed by atoms with Gasteiger partial charge >= 0.3 is 12.8 Å². The molecule has 0 radical (unpaired) electrons. The van der Waals surface area contributed by atoms with Crippen molar-refractivity contribution in [3.8, 4) is 0 Å². The largest absolute Gasteiger partial charge is 0.389 e. The second kappa shape index (κ2) is 13.3. The van der Waals surface area contributed by atoms with E-state index in [9.17, 15) is 40.3 Å². The van der Waals surface area contributed by atoms with Crippen LogP contribution in [0, 0.1) is 11.8 Å². The minimum absolute atomic E-state index is 0.0322. The molecule has 0 aromatic carbocycles. The Labute approximate surface area is 251 Å². The van der Waals surface area contributed by atoms with Crippen LogP contribution in [0.1, 0.15) is 85.2 Å². The SMILES string of the molecule is O=C(CCC(F)(F)F)N[C@@H](c1cnn2cc([C@@H](NC(=O)c3cnn(CCOC(F)F)n3)C3CCC(F)(F)CC3)nc2c1)C1CC1. The number of carbonyl (C=O) groups is 2. The van der Waals surface area contributed by atoms with Gasteiger partial charge in [-0.3, -0.25) is 9.59 Å². The van der Waals surface area contributed by atoms with Crippen LogP contribution in [0.15, 0.2) is 24.7 Å².